The molecule has 26 heteroatoms. The number of aryl methyl sites for hydroxylation is 3. The number of carboxylic acids is 1. The van der Waals surface area contributed by atoms with Crippen molar-refractivity contribution in [2.24, 2.45) is 50.3 Å². The van der Waals surface area contributed by atoms with Crippen LogP contribution in [-0.2, 0) is 38.1 Å². The van der Waals surface area contributed by atoms with Gasteiger partial charge in [-0.3, -0.25) is 14.4 Å². The van der Waals surface area contributed by atoms with Crippen LogP contribution in [0.4, 0.5) is 21.9 Å². The van der Waals surface area contributed by atoms with Gasteiger partial charge in [0.15, 0.2) is 5.81 Å². The first-order valence-electron chi connectivity index (χ1n) is 40.7. The van der Waals surface area contributed by atoms with E-state index in [4.69, 9.17) is 18.7 Å². The SMILES string of the molecule is C.C.C.CC(C)=CCN(c1ccc(C)cc1)C1CCN(C(=O)[C@@H](N)CC(C)C)CC1.CC(C)=CCN(c1ccc(C)cc1)C1CCNCC1.CC(C)C[C@@H](C=O)N=CB=O.CC(C)C[C@H](N=CB=O)C(=O)N(C)C.CC(C)C[C@H](N=CB=O)C(=O)O.[B]C(=O)N[C@@H](CC(C)C)C(=O)N1CCC(N(CC=C(C)C)c2ccc(C)cc2)CC1. The Morgan fingerprint density at radius 3 is 1.13 bits per heavy atom. The Morgan fingerprint density at radius 1 is 0.509 bits per heavy atom. The number of likely N-dealkylation sites (tertiary alicyclic amines) is 2. The van der Waals surface area contributed by atoms with Gasteiger partial charge in [-0.2, -0.15) is 0 Å². The van der Waals surface area contributed by atoms with Gasteiger partial charge in [0.05, 0.1) is 6.04 Å². The van der Waals surface area contributed by atoms with Gasteiger partial charge in [0, 0.05) is 81.0 Å². The van der Waals surface area contributed by atoms with Crippen molar-refractivity contribution < 1.29 is 48.0 Å². The first-order chi connectivity index (χ1) is 53.4. The smallest absolute Gasteiger partial charge is 0.245 e. The van der Waals surface area contributed by atoms with Crippen molar-refractivity contribution >= 4 is 100 Å². The number of rotatable bonds is 34. The van der Waals surface area contributed by atoms with Crippen LogP contribution in [0.3, 0.4) is 0 Å². The number of carbonyl (C=O) groups is 6. The number of nitrogens with one attached hydrogen (secondary N) is 2. The van der Waals surface area contributed by atoms with E-state index in [1.54, 1.807) is 14.1 Å². The second-order valence-electron chi connectivity index (χ2n) is 32.8. The minimum absolute atomic E-state index is 0. The number of aliphatic imine (C=N–C) groups is 3. The maximum absolute atomic E-state index is 13.0. The molecule has 3 aromatic carbocycles. The third-order valence-electron chi connectivity index (χ3n) is 19.0. The fraction of sp³-hybridized carbons (Fsp3) is 0.633. The predicted molar refractivity (Wildman–Crippen MR) is 491 cm³/mol. The van der Waals surface area contributed by atoms with Gasteiger partial charge in [-0.1, -0.05) is 138 Å². The molecule has 3 aliphatic rings. The van der Waals surface area contributed by atoms with Crippen molar-refractivity contribution in [1.82, 2.24) is 25.3 Å². The molecular formula is C90H152B4N12O10. The number of benzene rings is 3. The van der Waals surface area contributed by atoms with Gasteiger partial charge in [-0.25, -0.2) is 0 Å². The Labute approximate surface area is 705 Å². The van der Waals surface area contributed by atoms with Crippen molar-refractivity contribution in [3.8, 4) is 0 Å². The normalized spacial score (nSPS) is 14.7. The summed E-state index contributed by atoms with van der Waals surface area (Å²) in [6.45, 7) is 47.5. The van der Waals surface area contributed by atoms with Gasteiger partial charge in [0.1, 0.15) is 6.04 Å². The molecule has 3 fully saturated rings. The van der Waals surface area contributed by atoms with E-state index in [-0.39, 0.29) is 58.0 Å². The number of nitrogens with zero attached hydrogens (tertiary/aromatic N) is 9. The van der Waals surface area contributed by atoms with Gasteiger partial charge in [-0.15, -0.1) is 0 Å². The van der Waals surface area contributed by atoms with E-state index < -0.39 is 29.9 Å². The van der Waals surface area contributed by atoms with E-state index in [0.717, 1.165) is 103 Å². The molecule has 5 N–H and O–H groups in total. The Hall–Kier alpha value is -8.11. The number of nitrogens with two attached hydrogens (primary N) is 1. The first kappa shape index (κ1) is 112. The second kappa shape index (κ2) is 63.0. The Bertz CT molecular complexity index is 3440. The molecule has 4 amide bonds. The molecule has 0 saturated carbocycles. The van der Waals surface area contributed by atoms with Gasteiger partial charge in [0.2, 0.25) is 19.7 Å². The van der Waals surface area contributed by atoms with Gasteiger partial charge in [0.25, 0.3) is 0 Å². The van der Waals surface area contributed by atoms with Gasteiger partial charge >= 0.3 is 222 Å². The van der Waals surface area contributed by atoms with E-state index in [0.29, 0.717) is 102 Å². The number of anilines is 3. The molecule has 3 saturated heterocycles. The number of piperidine rings is 3. The van der Waals surface area contributed by atoms with Crippen LogP contribution < -0.4 is 31.1 Å². The number of amides is 4. The molecule has 644 valence electrons. The summed E-state index contributed by atoms with van der Waals surface area (Å²) >= 11 is 0. The molecule has 5 atom stereocenters. The molecule has 116 heavy (non-hydrogen) atoms. The third-order valence-corrected chi connectivity index (χ3v) is 19.0. The number of hydrogen-bond donors (Lipinski definition) is 4. The molecule has 2 radical (unpaired) electrons. The van der Waals surface area contributed by atoms with Crippen molar-refractivity contribution in [2.45, 2.75) is 273 Å². The third kappa shape index (κ3) is 48.6. The van der Waals surface area contributed by atoms with Crippen molar-refractivity contribution in [3.63, 3.8) is 0 Å². The molecular weight excluding hydrogens is 1450 g/mol. The molecule has 3 aromatic rings. The van der Waals surface area contributed by atoms with Crippen LogP contribution in [0.5, 0.6) is 0 Å². The average molecular weight is 1610 g/mol. The molecule has 0 unspecified atom stereocenters. The summed E-state index contributed by atoms with van der Waals surface area (Å²) < 4.78 is 29.8. The van der Waals surface area contributed by atoms with E-state index in [2.05, 4.69) is 207 Å². The molecule has 22 nitrogen and oxygen atoms in total. The Morgan fingerprint density at radius 2 is 0.828 bits per heavy atom. The zero-order valence-electron chi connectivity index (χ0n) is 72.7. The number of likely N-dealkylation sites (N-methyl/N-ethyl adjacent to an activating group) is 1. The van der Waals surface area contributed by atoms with Crippen molar-refractivity contribution in [2.75, 3.05) is 87.7 Å². The summed E-state index contributed by atoms with van der Waals surface area (Å²) in [5.74, 6) is 0.221. The number of carbonyl (C=O) groups excluding carboxylic acids is 5. The van der Waals surface area contributed by atoms with Crippen molar-refractivity contribution in [1.29, 1.82) is 0 Å². The Balaban J connectivity index is -0.00000137. The number of aldehydes is 1. The van der Waals surface area contributed by atoms with Crippen molar-refractivity contribution in [3.05, 3.63) is 124 Å². The summed E-state index contributed by atoms with van der Waals surface area (Å²) in [6, 6.07) is 25.4. The molecule has 0 bridgehead atoms. The van der Waals surface area contributed by atoms with Crippen LogP contribution in [-0.4, -0.2) is 225 Å². The summed E-state index contributed by atoms with van der Waals surface area (Å²) in [7, 11) is 10.3. The number of aliphatic carboxylic acids is 1. The van der Waals surface area contributed by atoms with Crippen LogP contribution >= 0.6 is 0 Å². The molecule has 3 aliphatic heterocycles. The Kier molecular flexibility index (Phi) is 60.9. The van der Waals surface area contributed by atoms with Gasteiger partial charge in [-0.05, 0) is 175 Å². The van der Waals surface area contributed by atoms with E-state index in [9.17, 15) is 42.9 Å². The zero-order chi connectivity index (χ0) is 85.3. The summed E-state index contributed by atoms with van der Waals surface area (Å²) in [5, 5.41) is 14.7. The largest absolute Gasteiger partial charge is 0.365 e. The maximum Gasteiger partial charge on any atom is 0.245 e. The average Bonchev–Trinajstić information content (AvgIpc) is 0.830. The molecule has 3 heterocycles. The van der Waals surface area contributed by atoms with Crippen LogP contribution in [0.1, 0.15) is 220 Å². The zero-order valence-corrected chi connectivity index (χ0v) is 72.7. The maximum atomic E-state index is 13.0. The monoisotopic (exact) mass is 1610 g/mol. The molecule has 0 aliphatic carbocycles. The van der Waals surface area contributed by atoms with E-state index in [1.165, 1.54) is 68.2 Å². The fourth-order valence-electron chi connectivity index (χ4n) is 13.0. The van der Waals surface area contributed by atoms with Crippen LogP contribution in [0.15, 0.2) is 123 Å². The topological polar surface area (TPSA) is 280 Å². The van der Waals surface area contributed by atoms with Crippen LogP contribution in [0.2, 0.25) is 0 Å². The quantitative estimate of drug-likeness (QED) is 0.0187. The summed E-state index contributed by atoms with van der Waals surface area (Å²) in [5.41, 5.74) is 17.8. The second-order valence-corrected chi connectivity index (χ2v) is 32.8. The standard InChI is InChI=1S/C24H36BN3O2.C23H37N3O.C17H26N2.C9H17BN2O2.C7H12BNO3.C7H12BNO2.3CH4/c1-17(2)10-15-28(20-8-6-19(5)7-9-20)21-11-13-27(14-12-21)23(29)22(16-18(3)4)26-24(25)30;1-17(2)10-15-26(20-8-6-19(5)7-9-20)21-11-13-25(14-12-21)23(27)22(24)16-18(3)4;1-14(2)10-13-19(17-8-11-18-12-9-17)16-6-4-15(3)5-7-16;1-7(2)5-8(11-6-10-14)9(13)12(3)4;1-5(2)3-6(7(10)11)9-4-8-12;1-6(2)3-7(4-10)9-5-8-11;;;/h6-10,18,21-22H,11-16H2,1-5H3,(H,26,30);6-10,18,21-22H,11-16,24H2,1-5H3;4-7,10,17-18H,8-9,11-13H2,1-3H3;6-8H,5H2,1-4H3;4-6H,3H2,1-2H3,(H,10,11);4-7H,3H2,1-2H3;3*1H4/t2*22-;;8-;6-;7-;;;/m00.000.../s1. The predicted octanol–water partition coefficient (Wildman–Crippen LogP) is 15.4. The summed E-state index contributed by atoms with van der Waals surface area (Å²) in [6.07, 6.45) is 20.4. The van der Waals surface area contributed by atoms with Crippen LogP contribution in [0.25, 0.3) is 0 Å². The first-order valence-corrected chi connectivity index (χ1v) is 40.7. The minimum atomic E-state index is -0.984. The number of hydrogen-bond acceptors (Lipinski definition) is 17. The fourth-order valence-corrected chi connectivity index (χ4v) is 13.0. The molecule has 6 rings (SSSR count). The molecule has 0 spiro atoms. The molecule has 0 aromatic heterocycles. The minimum Gasteiger partial charge on any atom is -0.365 e. The number of carboxylic acid groups (broad SMARTS) is 1. The van der Waals surface area contributed by atoms with E-state index >= 15 is 0 Å². The van der Waals surface area contributed by atoms with Gasteiger partial charge < -0.3 is 40.9 Å². The number of allylic oxidation sites excluding steroid dienone is 3. The van der Waals surface area contributed by atoms with Crippen LogP contribution in [0, 0.1) is 50.4 Å². The van der Waals surface area contributed by atoms with E-state index in [1.807, 2.05) is 65.2 Å². The summed E-state index contributed by atoms with van der Waals surface area (Å²) in [4.78, 5) is 93.5.